The van der Waals surface area contributed by atoms with E-state index in [1.165, 1.54) is 0 Å². The molecule has 0 aliphatic carbocycles. The Balaban J connectivity index is 1.92. The highest BCUT2D eigenvalue weighted by atomic mass is 35.5. The van der Waals surface area contributed by atoms with Gasteiger partial charge in [0.05, 0.1) is 30.3 Å². The molecule has 1 aromatic heterocycles. The Morgan fingerprint density at radius 2 is 1.87 bits per heavy atom. The molecule has 120 valence electrons. The molecule has 2 aromatic carbocycles. The maximum absolute atomic E-state index is 10.5. The summed E-state index contributed by atoms with van der Waals surface area (Å²) in [5.41, 5.74) is 2.57. The Kier molecular flexibility index (Phi) is 4.81. The van der Waals surface area contributed by atoms with Gasteiger partial charge in [0.25, 0.3) is 0 Å². The molecule has 0 saturated carbocycles. The minimum absolute atomic E-state index is 0.0168. The molecule has 0 radical (unpaired) electrons. The van der Waals surface area contributed by atoms with Crippen LogP contribution in [0.25, 0.3) is 11.0 Å². The Bertz CT molecular complexity index is 786. The van der Waals surface area contributed by atoms with Gasteiger partial charge in [-0.2, -0.15) is 0 Å². The zero-order valence-electron chi connectivity index (χ0n) is 12.5. The van der Waals surface area contributed by atoms with E-state index in [9.17, 15) is 5.11 Å². The van der Waals surface area contributed by atoms with Crippen LogP contribution in [0, 0.1) is 0 Å². The average Bonchev–Trinajstić information content (AvgIpc) is 2.91. The molecule has 5 nitrogen and oxygen atoms in total. The SMILES string of the molecule is OCCNc1nc2ccccc2n1C[C@@H](O)c1ccc(Cl)cc1. The second-order valence-electron chi connectivity index (χ2n) is 5.25. The third-order valence-electron chi connectivity index (χ3n) is 3.66. The molecule has 1 atom stereocenters. The largest absolute Gasteiger partial charge is 0.395 e. The van der Waals surface area contributed by atoms with Crippen molar-refractivity contribution in [3.63, 3.8) is 0 Å². The van der Waals surface area contributed by atoms with Crippen LogP contribution in [0.5, 0.6) is 0 Å². The fourth-order valence-electron chi connectivity index (χ4n) is 2.53. The van der Waals surface area contributed by atoms with Gasteiger partial charge in [0.15, 0.2) is 0 Å². The fraction of sp³-hybridized carbons (Fsp3) is 0.235. The Labute approximate surface area is 139 Å². The molecular formula is C17H18ClN3O2. The molecule has 0 bridgehead atoms. The van der Waals surface area contributed by atoms with E-state index in [4.69, 9.17) is 16.7 Å². The number of hydrogen-bond acceptors (Lipinski definition) is 4. The Morgan fingerprint density at radius 3 is 2.61 bits per heavy atom. The number of hydrogen-bond donors (Lipinski definition) is 3. The van der Waals surface area contributed by atoms with Crippen LogP contribution >= 0.6 is 11.6 Å². The highest BCUT2D eigenvalue weighted by molar-refractivity contribution is 6.30. The molecule has 23 heavy (non-hydrogen) atoms. The van der Waals surface area contributed by atoms with Gasteiger partial charge in [-0.05, 0) is 29.8 Å². The van der Waals surface area contributed by atoms with E-state index >= 15 is 0 Å². The van der Waals surface area contributed by atoms with Crippen LogP contribution in [-0.2, 0) is 6.54 Å². The summed E-state index contributed by atoms with van der Waals surface area (Å²) >= 11 is 5.89. The normalized spacial score (nSPS) is 12.5. The van der Waals surface area contributed by atoms with Gasteiger partial charge in [-0.3, -0.25) is 0 Å². The first kappa shape index (κ1) is 15.8. The molecular weight excluding hydrogens is 314 g/mol. The summed E-state index contributed by atoms with van der Waals surface area (Å²) in [6, 6.07) is 14.9. The summed E-state index contributed by atoms with van der Waals surface area (Å²) in [5.74, 6) is 0.633. The molecule has 3 N–H and O–H groups in total. The average molecular weight is 332 g/mol. The van der Waals surface area contributed by atoms with Gasteiger partial charge in [0.1, 0.15) is 0 Å². The number of aromatic nitrogens is 2. The number of anilines is 1. The van der Waals surface area contributed by atoms with E-state index in [0.717, 1.165) is 16.6 Å². The number of para-hydroxylation sites is 2. The lowest BCUT2D eigenvalue weighted by Crippen LogP contribution is -2.14. The molecule has 0 amide bonds. The van der Waals surface area contributed by atoms with Crippen molar-refractivity contribution < 1.29 is 10.2 Å². The van der Waals surface area contributed by atoms with Crippen molar-refractivity contribution in [2.75, 3.05) is 18.5 Å². The van der Waals surface area contributed by atoms with E-state index in [-0.39, 0.29) is 6.61 Å². The van der Waals surface area contributed by atoms with Crippen LogP contribution in [0.4, 0.5) is 5.95 Å². The van der Waals surface area contributed by atoms with Crippen molar-refractivity contribution in [3.05, 3.63) is 59.1 Å². The maximum atomic E-state index is 10.5. The predicted octanol–water partition coefficient (Wildman–Crippen LogP) is 2.83. The first-order valence-electron chi connectivity index (χ1n) is 7.42. The van der Waals surface area contributed by atoms with E-state index in [2.05, 4.69) is 10.3 Å². The van der Waals surface area contributed by atoms with Crippen molar-refractivity contribution in [1.82, 2.24) is 9.55 Å². The quantitative estimate of drug-likeness (QED) is 0.649. The predicted molar refractivity (Wildman–Crippen MR) is 91.7 cm³/mol. The number of imidazole rings is 1. The fourth-order valence-corrected chi connectivity index (χ4v) is 2.65. The summed E-state index contributed by atoms with van der Waals surface area (Å²) in [4.78, 5) is 4.52. The van der Waals surface area contributed by atoms with Crippen molar-refractivity contribution in [2.24, 2.45) is 0 Å². The molecule has 0 aliphatic heterocycles. The van der Waals surface area contributed by atoms with Gasteiger partial charge in [-0.25, -0.2) is 4.98 Å². The lowest BCUT2D eigenvalue weighted by Gasteiger charge is -2.15. The van der Waals surface area contributed by atoms with Gasteiger partial charge in [0.2, 0.25) is 5.95 Å². The Hall–Kier alpha value is -2.08. The number of fused-ring (bicyclic) bond motifs is 1. The zero-order chi connectivity index (χ0) is 16.2. The van der Waals surface area contributed by atoms with Crippen molar-refractivity contribution in [3.8, 4) is 0 Å². The van der Waals surface area contributed by atoms with E-state index in [1.54, 1.807) is 12.1 Å². The maximum Gasteiger partial charge on any atom is 0.204 e. The van der Waals surface area contributed by atoms with Gasteiger partial charge in [-0.1, -0.05) is 35.9 Å². The van der Waals surface area contributed by atoms with Gasteiger partial charge in [-0.15, -0.1) is 0 Å². The summed E-state index contributed by atoms with van der Waals surface area (Å²) in [6.45, 7) is 0.777. The molecule has 0 aliphatic rings. The highest BCUT2D eigenvalue weighted by Gasteiger charge is 2.15. The smallest absolute Gasteiger partial charge is 0.204 e. The van der Waals surface area contributed by atoms with Crippen LogP contribution in [0.1, 0.15) is 11.7 Å². The van der Waals surface area contributed by atoms with Crippen LogP contribution in [0.15, 0.2) is 48.5 Å². The van der Waals surface area contributed by atoms with Gasteiger partial charge in [0, 0.05) is 11.6 Å². The number of rotatable bonds is 6. The third kappa shape index (κ3) is 3.47. The lowest BCUT2D eigenvalue weighted by atomic mass is 10.1. The second kappa shape index (κ2) is 7.00. The summed E-state index contributed by atoms with van der Waals surface area (Å²) in [7, 11) is 0. The molecule has 3 rings (SSSR count). The molecule has 3 aromatic rings. The van der Waals surface area contributed by atoms with Crippen molar-refractivity contribution >= 4 is 28.6 Å². The first-order valence-corrected chi connectivity index (χ1v) is 7.80. The topological polar surface area (TPSA) is 70.3 Å². The van der Waals surface area contributed by atoms with Crippen LogP contribution < -0.4 is 5.32 Å². The van der Waals surface area contributed by atoms with Crippen LogP contribution in [0.2, 0.25) is 5.02 Å². The number of aliphatic hydroxyl groups is 2. The summed E-state index contributed by atoms with van der Waals surface area (Å²) in [6.07, 6.45) is -0.681. The monoisotopic (exact) mass is 331 g/mol. The lowest BCUT2D eigenvalue weighted by molar-refractivity contribution is 0.158. The van der Waals surface area contributed by atoms with Gasteiger partial charge >= 0.3 is 0 Å². The summed E-state index contributed by atoms with van der Waals surface area (Å²) < 4.78 is 1.92. The van der Waals surface area contributed by atoms with Crippen molar-refractivity contribution in [2.45, 2.75) is 12.6 Å². The second-order valence-corrected chi connectivity index (χ2v) is 5.69. The van der Waals surface area contributed by atoms with Gasteiger partial charge < -0.3 is 20.1 Å². The van der Waals surface area contributed by atoms with E-state index in [0.29, 0.717) is 24.1 Å². The number of nitrogens with one attached hydrogen (secondary N) is 1. The Morgan fingerprint density at radius 1 is 1.13 bits per heavy atom. The molecule has 0 fully saturated rings. The standard InChI is InChI=1S/C17H18ClN3O2/c18-13-7-5-12(6-8-13)16(23)11-21-15-4-2-1-3-14(15)20-17(21)19-9-10-22/h1-8,16,22-23H,9-11H2,(H,19,20)/t16-/m1/s1. The number of halogens is 1. The molecule has 0 unspecified atom stereocenters. The minimum atomic E-state index is -0.681. The molecule has 0 spiro atoms. The van der Waals surface area contributed by atoms with Crippen LogP contribution in [0.3, 0.4) is 0 Å². The number of aliphatic hydroxyl groups excluding tert-OH is 2. The first-order chi connectivity index (χ1) is 11.2. The molecule has 1 heterocycles. The van der Waals surface area contributed by atoms with E-state index < -0.39 is 6.10 Å². The van der Waals surface area contributed by atoms with E-state index in [1.807, 2.05) is 41.0 Å². The summed E-state index contributed by atoms with van der Waals surface area (Å²) in [5, 5.41) is 23.3. The minimum Gasteiger partial charge on any atom is -0.395 e. The van der Waals surface area contributed by atoms with Crippen LogP contribution in [-0.4, -0.2) is 32.9 Å². The third-order valence-corrected chi connectivity index (χ3v) is 3.91. The molecule has 0 saturated heterocycles. The van der Waals surface area contributed by atoms with Crippen molar-refractivity contribution in [1.29, 1.82) is 0 Å². The number of benzene rings is 2. The highest BCUT2D eigenvalue weighted by Crippen LogP contribution is 2.24. The zero-order valence-corrected chi connectivity index (χ0v) is 13.2. The number of nitrogens with zero attached hydrogens (tertiary/aromatic N) is 2. The molecule has 6 heteroatoms.